The smallest absolute Gasteiger partial charge is 0.229 e. The predicted molar refractivity (Wildman–Crippen MR) is 66.5 cm³/mol. The minimum absolute atomic E-state index is 0.200. The maximum Gasteiger partial charge on any atom is 0.229 e. The minimum Gasteiger partial charge on any atom is -0.858 e. The summed E-state index contributed by atoms with van der Waals surface area (Å²) in [4.78, 5) is 3.71. The lowest BCUT2D eigenvalue weighted by molar-refractivity contribution is -0.213. The maximum atomic E-state index is 11.7. The van der Waals surface area contributed by atoms with Crippen molar-refractivity contribution in [3.05, 3.63) is 42.5 Å². The van der Waals surface area contributed by atoms with Crippen LogP contribution in [0.1, 0.15) is 5.56 Å². The highest BCUT2D eigenvalue weighted by molar-refractivity contribution is 7.92. The number of nitrogens with one attached hydrogen (secondary N) is 1. The van der Waals surface area contributed by atoms with E-state index in [-0.39, 0.29) is 17.8 Å². The number of nitrogens with zero attached hydrogens (tertiary/aromatic N) is 1. The largest absolute Gasteiger partial charge is 0.858 e. The van der Waals surface area contributed by atoms with Crippen molar-refractivity contribution in [3.8, 4) is 0 Å². The maximum absolute atomic E-state index is 11.7. The van der Waals surface area contributed by atoms with Crippen molar-refractivity contribution in [2.75, 3.05) is 17.5 Å². The van der Waals surface area contributed by atoms with E-state index in [1.807, 2.05) is 0 Å². The van der Waals surface area contributed by atoms with Gasteiger partial charge in [-0.15, -0.1) is 6.58 Å². The fraction of sp³-hybridized carbons (Fsp3) is 0.182. The van der Waals surface area contributed by atoms with Crippen molar-refractivity contribution < 1.29 is 13.5 Å². The molecule has 1 aromatic carbocycles. The van der Waals surface area contributed by atoms with E-state index in [4.69, 9.17) is 0 Å². The third-order valence-electron chi connectivity index (χ3n) is 1.82. The van der Waals surface area contributed by atoms with Crippen LogP contribution >= 0.6 is 0 Å². The molecule has 0 heterocycles. The number of para-hydroxylation sites is 1. The average Bonchev–Trinajstić information content (AvgIpc) is 2.24. The van der Waals surface area contributed by atoms with Crippen LogP contribution < -0.4 is 9.83 Å². The van der Waals surface area contributed by atoms with Gasteiger partial charge in [-0.1, -0.05) is 24.3 Å². The second-order valence-electron chi connectivity index (χ2n) is 3.35. The Kier molecular flexibility index (Phi) is 4.28. The van der Waals surface area contributed by atoms with Crippen LogP contribution in [0.25, 0.3) is 0 Å². The van der Waals surface area contributed by atoms with E-state index in [1.54, 1.807) is 12.1 Å². The quantitative estimate of drug-likeness (QED) is 0.467. The first-order valence-corrected chi connectivity index (χ1v) is 6.72. The van der Waals surface area contributed by atoms with Gasteiger partial charge in [0.2, 0.25) is 10.0 Å². The van der Waals surface area contributed by atoms with Crippen LogP contribution in [0.5, 0.6) is 0 Å². The van der Waals surface area contributed by atoms with Gasteiger partial charge in [0, 0.05) is 5.56 Å². The standard InChI is InChI=1S/C11H14N2O3S/c1-3-8-12-11(14)9-6-4-5-7-10(9)13-17(2,15)16/h3-7,13H,1,8H2,2H3,(H,12,14)/p-1. The van der Waals surface area contributed by atoms with Gasteiger partial charge in [0.15, 0.2) is 0 Å². The second-order valence-corrected chi connectivity index (χ2v) is 5.10. The average molecular weight is 253 g/mol. The predicted octanol–water partition coefficient (Wildman–Crippen LogP) is 0.351. The molecule has 0 spiro atoms. The summed E-state index contributed by atoms with van der Waals surface area (Å²) in [5.74, 6) is -0.475. The summed E-state index contributed by atoms with van der Waals surface area (Å²) in [7, 11) is -3.42. The van der Waals surface area contributed by atoms with Gasteiger partial charge in [0.25, 0.3) is 0 Å². The first kappa shape index (κ1) is 13.2. The molecule has 0 amide bonds. The summed E-state index contributed by atoms with van der Waals surface area (Å²) in [6, 6.07) is 6.31. The van der Waals surface area contributed by atoms with Gasteiger partial charge in [-0.2, -0.15) is 0 Å². The minimum atomic E-state index is -3.42. The monoisotopic (exact) mass is 253 g/mol. The SMILES string of the molecule is C=CCN=C([O-])c1ccccc1NS(C)(=O)=O. The number of anilines is 1. The molecule has 92 valence electrons. The molecule has 0 atom stereocenters. The molecule has 17 heavy (non-hydrogen) atoms. The van der Waals surface area contributed by atoms with Crippen LogP contribution in [-0.2, 0) is 10.0 Å². The van der Waals surface area contributed by atoms with Gasteiger partial charge in [-0.3, -0.25) is 9.71 Å². The van der Waals surface area contributed by atoms with Gasteiger partial charge in [-0.25, -0.2) is 8.42 Å². The fourth-order valence-corrected chi connectivity index (χ4v) is 1.77. The third-order valence-corrected chi connectivity index (χ3v) is 2.41. The third kappa shape index (κ3) is 4.28. The topological polar surface area (TPSA) is 81.6 Å². The number of benzene rings is 1. The van der Waals surface area contributed by atoms with Gasteiger partial charge in [0.05, 0.1) is 18.5 Å². The molecule has 0 radical (unpaired) electrons. The number of sulfonamides is 1. The lowest BCUT2D eigenvalue weighted by Crippen LogP contribution is -2.22. The van der Waals surface area contributed by atoms with Gasteiger partial charge >= 0.3 is 0 Å². The summed E-state index contributed by atoms with van der Waals surface area (Å²) in [5.41, 5.74) is 0.451. The van der Waals surface area contributed by atoms with E-state index in [9.17, 15) is 13.5 Å². The Morgan fingerprint density at radius 3 is 2.76 bits per heavy atom. The number of hydrogen-bond acceptors (Lipinski definition) is 4. The van der Waals surface area contributed by atoms with E-state index in [1.165, 1.54) is 18.2 Å². The van der Waals surface area contributed by atoms with Crippen molar-refractivity contribution in [1.29, 1.82) is 0 Å². The van der Waals surface area contributed by atoms with Crippen LogP contribution in [-0.4, -0.2) is 27.1 Å². The molecule has 0 saturated carbocycles. The first-order chi connectivity index (χ1) is 7.94. The Morgan fingerprint density at radius 2 is 2.18 bits per heavy atom. The van der Waals surface area contributed by atoms with Gasteiger partial charge in [0.1, 0.15) is 0 Å². The Labute approximate surface area is 101 Å². The number of rotatable bonds is 5. The molecule has 0 aromatic heterocycles. The second kappa shape index (κ2) is 5.49. The molecule has 0 saturated heterocycles. The van der Waals surface area contributed by atoms with Crippen molar-refractivity contribution in [1.82, 2.24) is 0 Å². The summed E-state index contributed by atoms with van der Waals surface area (Å²) >= 11 is 0. The summed E-state index contributed by atoms with van der Waals surface area (Å²) in [6.07, 6.45) is 2.51. The molecule has 0 aliphatic carbocycles. The molecule has 1 aromatic rings. The van der Waals surface area contributed by atoms with E-state index >= 15 is 0 Å². The molecule has 1 N–H and O–H groups in total. The molecular weight excluding hydrogens is 240 g/mol. The number of aliphatic imine (C=N–C) groups is 1. The molecule has 0 unspecified atom stereocenters. The molecule has 0 fully saturated rings. The van der Waals surface area contributed by atoms with E-state index in [2.05, 4.69) is 16.3 Å². The fourth-order valence-electron chi connectivity index (χ4n) is 1.19. The molecule has 1 rings (SSSR count). The highest BCUT2D eigenvalue weighted by Gasteiger charge is 2.06. The van der Waals surface area contributed by atoms with Crippen LogP contribution in [0.15, 0.2) is 41.9 Å². The van der Waals surface area contributed by atoms with Crippen molar-refractivity contribution in [2.24, 2.45) is 4.99 Å². The zero-order valence-electron chi connectivity index (χ0n) is 9.38. The van der Waals surface area contributed by atoms with E-state index in [0.29, 0.717) is 0 Å². The lowest BCUT2D eigenvalue weighted by atomic mass is 10.2. The zero-order valence-corrected chi connectivity index (χ0v) is 10.2. The van der Waals surface area contributed by atoms with Gasteiger partial charge < -0.3 is 5.11 Å². The van der Waals surface area contributed by atoms with Crippen LogP contribution in [0.3, 0.4) is 0 Å². The van der Waals surface area contributed by atoms with E-state index < -0.39 is 15.9 Å². The van der Waals surface area contributed by atoms with Crippen molar-refractivity contribution in [2.45, 2.75) is 0 Å². The molecule has 5 nitrogen and oxygen atoms in total. The molecule has 0 aliphatic rings. The molecule has 0 aliphatic heterocycles. The highest BCUT2D eigenvalue weighted by Crippen LogP contribution is 2.15. The van der Waals surface area contributed by atoms with E-state index in [0.717, 1.165) is 6.26 Å². The van der Waals surface area contributed by atoms with Crippen LogP contribution in [0.4, 0.5) is 5.69 Å². The Bertz CT molecular complexity index is 535. The number of hydrogen-bond donors (Lipinski definition) is 1. The Morgan fingerprint density at radius 1 is 1.53 bits per heavy atom. The molecular formula is C11H13N2O3S-. The molecule has 6 heteroatoms. The summed E-state index contributed by atoms with van der Waals surface area (Å²) < 4.78 is 24.5. The lowest BCUT2D eigenvalue weighted by Gasteiger charge is -2.15. The van der Waals surface area contributed by atoms with Crippen molar-refractivity contribution in [3.63, 3.8) is 0 Å². The van der Waals surface area contributed by atoms with Crippen molar-refractivity contribution >= 4 is 21.6 Å². The normalized spacial score (nSPS) is 12.2. The Balaban J connectivity index is 3.12. The van der Waals surface area contributed by atoms with Gasteiger partial charge in [-0.05, 0) is 12.0 Å². The molecule has 0 bridgehead atoms. The first-order valence-electron chi connectivity index (χ1n) is 4.83. The Hall–Kier alpha value is -1.82. The highest BCUT2D eigenvalue weighted by atomic mass is 32.2. The summed E-state index contributed by atoms with van der Waals surface area (Å²) in [6.45, 7) is 3.65. The van der Waals surface area contributed by atoms with Crippen LogP contribution in [0, 0.1) is 0 Å². The summed E-state index contributed by atoms with van der Waals surface area (Å²) in [5, 5.41) is 11.7. The van der Waals surface area contributed by atoms with Crippen LogP contribution in [0.2, 0.25) is 0 Å². The zero-order chi connectivity index (χ0) is 12.9.